The second-order valence-corrected chi connectivity index (χ2v) is 9.58. The molecule has 2 aromatic carbocycles. The van der Waals surface area contributed by atoms with Crippen molar-refractivity contribution in [1.29, 1.82) is 0 Å². The molecule has 35 heavy (non-hydrogen) atoms. The maximum atomic E-state index is 12.7. The fourth-order valence-corrected chi connectivity index (χ4v) is 3.78. The molecule has 0 saturated heterocycles. The molecular weight excluding hydrogens is 483 g/mol. The van der Waals surface area contributed by atoms with E-state index in [9.17, 15) is 22.8 Å². The molecule has 1 aromatic heterocycles. The van der Waals surface area contributed by atoms with Gasteiger partial charge in [0.1, 0.15) is 11.1 Å². The fourth-order valence-electron chi connectivity index (χ4n) is 2.99. The van der Waals surface area contributed by atoms with E-state index in [2.05, 4.69) is 15.6 Å². The number of hydrogen-bond acceptors (Lipinski definition) is 6. The van der Waals surface area contributed by atoms with Crippen LogP contribution in [-0.2, 0) is 16.7 Å². The number of halogens is 3. The zero-order chi connectivity index (χ0) is 25.6. The standard InChI is InChI=1S/C24H26F3N3O4S/c1-23(2,3)34-21(32)29-13-5-12-28-20(31)17-6-4-7-18-19(17)33-22(30-18)35-14-15-8-10-16(11-9-15)24(25,26)27/h4,6-11H,5,12-14H2,1-3H3,(H,28,31)(H,29,32). The van der Waals surface area contributed by atoms with Crippen molar-refractivity contribution in [2.75, 3.05) is 13.1 Å². The maximum Gasteiger partial charge on any atom is 0.416 e. The van der Waals surface area contributed by atoms with Crippen molar-refractivity contribution < 1.29 is 31.9 Å². The number of nitrogens with zero attached hydrogens (tertiary/aromatic N) is 1. The molecule has 0 spiro atoms. The van der Waals surface area contributed by atoms with Crippen molar-refractivity contribution in [3.63, 3.8) is 0 Å². The zero-order valence-corrected chi connectivity index (χ0v) is 20.3. The van der Waals surface area contributed by atoms with E-state index in [0.29, 0.717) is 52.7 Å². The van der Waals surface area contributed by atoms with E-state index in [1.54, 1.807) is 39.0 Å². The molecule has 188 valence electrons. The molecule has 0 aliphatic carbocycles. The van der Waals surface area contributed by atoms with Crippen LogP contribution in [0.25, 0.3) is 11.1 Å². The molecule has 0 unspecified atom stereocenters. The lowest BCUT2D eigenvalue weighted by molar-refractivity contribution is -0.137. The average Bonchev–Trinajstić information content (AvgIpc) is 3.19. The van der Waals surface area contributed by atoms with Crippen LogP contribution in [0.4, 0.5) is 18.0 Å². The SMILES string of the molecule is CC(C)(C)OC(=O)NCCCNC(=O)c1cccc2nc(SCc3ccc(C(F)(F)F)cc3)oc12. The lowest BCUT2D eigenvalue weighted by Crippen LogP contribution is -2.34. The minimum absolute atomic E-state index is 0.307. The Bertz CT molecular complexity index is 1170. The van der Waals surface area contributed by atoms with Crippen LogP contribution in [0.3, 0.4) is 0 Å². The van der Waals surface area contributed by atoms with Crippen LogP contribution in [0, 0.1) is 0 Å². The normalized spacial score (nSPS) is 11.9. The molecule has 0 saturated carbocycles. The predicted octanol–water partition coefficient (Wildman–Crippen LogP) is 5.78. The number of oxazole rings is 1. The van der Waals surface area contributed by atoms with Gasteiger partial charge in [0.25, 0.3) is 11.1 Å². The topological polar surface area (TPSA) is 93.5 Å². The number of thioether (sulfide) groups is 1. The highest BCUT2D eigenvalue weighted by Gasteiger charge is 2.30. The summed E-state index contributed by atoms with van der Waals surface area (Å²) in [7, 11) is 0. The van der Waals surface area contributed by atoms with Crippen molar-refractivity contribution >= 4 is 34.9 Å². The number of carbonyl (C=O) groups excluding carboxylic acids is 2. The van der Waals surface area contributed by atoms with Gasteiger partial charge in [0, 0.05) is 18.8 Å². The zero-order valence-electron chi connectivity index (χ0n) is 19.5. The maximum absolute atomic E-state index is 12.7. The highest BCUT2D eigenvalue weighted by molar-refractivity contribution is 7.98. The molecule has 0 aliphatic rings. The van der Waals surface area contributed by atoms with Gasteiger partial charge in [0.05, 0.1) is 11.1 Å². The molecule has 0 aliphatic heterocycles. The first-order valence-electron chi connectivity index (χ1n) is 10.9. The monoisotopic (exact) mass is 509 g/mol. The summed E-state index contributed by atoms with van der Waals surface area (Å²) in [5, 5.41) is 5.71. The molecule has 11 heteroatoms. The summed E-state index contributed by atoms with van der Waals surface area (Å²) in [6.45, 7) is 5.99. The van der Waals surface area contributed by atoms with Crippen LogP contribution in [0.2, 0.25) is 0 Å². The first-order valence-corrected chi connectivity index (χ1v) is 11.8. The van der Waals surface area contributed by atoms with Crippen LogP contribution in [-0.4, -0.2) is 35.7 Å². The smallest absolute Gasteiger partial charge is 0.416 e. The molecule has 2 N–H and O–H groups in total. The van der Waals surface area contributed by atoms with E-state index in [1.165, 1.54) is 23.9 Å². The summed E-state index contributed by atoms with van der Waals surface area (Å²) >= 11 is 1.22. The molecule has 0 atom stereocenters. The Kier molecular flexibility index (Phi) is 8.31. The third kappa shape index (κ3) is 7.91. The number of hydrogen-bond donors (Lipinski definition) is 2. The molecule has 0 bridgehead atoms. The third-order valence-corrected chi connectivity index (χ3v) is 5.49. The number of rotatable bonds is 8. The van der Waals surface area contributed by atoms with Crippen LogP contribution < -0.4 is 10.6 Å². The number of para-hydroxylation sites is 1. The van der Waals surface area contributed by atoms with Gasteiger partial charge in [-0.3, -0.25) is 4.79 Å². The van der Waals surface area contributed by atoms with Gasteiger partial charge < -0.3 is 19.8 Å². The Labute approximate surface area is 204 Å². The Balaban J connectivity index is 1.53. The fraction of sp³-hybridized carbons (Fsp3) is 0.375. The number of alkyl carbamates (subject to hydrolysis) is 1. The van der Waals surface area contributed by atoms with Gasteiger partial charge in [-0.05, 0) is 57.0 Å². The first-order chi connectivity index (χ1) is 16.4. The van der Waals surface area contributed by atoms with Crippen LogP contribution in [0.5, 0.6) is 0 Å². The average molecular weight is 510 g/mol. The highest BCUT2D eigenvalue weighted by atomic mass is 32.2. The quantitative estimate of drug-likeness (QED) is 0.295. The number of benzene rings is 2. The number of ether oxygens (including phenoxy) is 1. The Morgan fingerprint density at radius 1 is 1.03 bits per heavy atom. The van der Waals surface area contributed by atoms with Crippen LogP contribution in [0.15, 0.2) is 52.1 Å². The Morgan fingerprint density at radius 2 is 1.71 bits per heavy atom. The summed E-state index contributed by atoms with van der Waals surface area (Å²) in [4.78, 5) is 28.6. The van der Waals surface area contributed by atoms with E-state index in [-0.39, 0.29) is 5.91 Å². The highest BCUT2D eigenvalue weighted by Crippen LogP contribution is 2.31. The van der Waals surface area contributed by atoms with E-state index in [0.717, 1.165) is 12.1 Å². The molecule has 1 heterocycles. The van der Waals surface area contributed by atoms with Gasteiger partial charge in [-0.1, -0.05) is 30.0 Å². The lowest BCUT2D eigenvalue weighted by Gasteiger charge is -2.19. The van der Waals surface area contributed by atoms with Gasteiger partial charge in [-0.2, -0.15) is 13.2 Å². The van der Waals surface area contributed by atoms with Crippen molar-refractivity contribution in [2.24, 2.45) is 0 Å². The van der Waals surface area contributed by atoms with Crippen molar-refractivity contribution in [3.05, 3.63) is 59.2 Å². The number of nitrogens with one attached hydrogen (secondary N) is 2. The van der Waals surface area contributed by atoms with Gasteiger partial charge in [0.15, 0.2) is 5.58 Å². The van der Waals surface area contributed by atoms with Crippen LogP contribution >= 0.6 is 11.8 Å². The summed E-state index contributed by atoms with van der Waals surface area (Å²) in [5.74, 6) is 0.0141. The van der Waals surface area contributed by atoms with E-state index >= 15 is 0 Å². The number of fused-ring (bicyclic) bond motifs is 1. The van der Waals surface area contributed by atoms with Crippen molar-refractivity contribution in [2.45, 2.75) is 49.9 Å². The molecule has 0 fully saturated rings. The lowest BCUT2D eigenvalue weighted by atomic mass is 10.1. The molecule has 3 aromatic rings. The largest absolute Gasteiger partial charge is 0.444 e. The minimum Gasteiger partial charge on any atom is -0.444 e. The number of carbonyl (C=O) groups is 2. The molecule has 0 radical (unpaired) electrons. The molecule has 7 nitrogen and oxygen atoms in total. The van der Waals surface area contributed by atoms with E-state index in [4.69, 9.17) is 9.15 Å². The number of alkyl halides is 3. The summed E-state index contributed by atoms with van der Waals surface area (Å²) in [5.41, 5.74) is 0.540. The Hall–Kier alpha value is -3.21. The Morgan fingerprint density at radius 3 is 2.37 bits per heavy atom. The summed E-state index contributed by atoms with van der Waals surface area (Å²) in [6.07, 6.45) is -4.39. The predicted molar refractivity (Wildman–Crippen MR) is 126 cm³/mol. The number of aromatic nitrogens is 1. The number of amides is 2. The van der Waals surface area contributed by atoms with Gasteiger partial charge in [0.2, 0.25) is 0 Å². The summed E-state index contributed by atoms with van der Waals surface area (Å²) in [6, 6.07) is 9.91. The van der Waals surface area contributed by atoms with E-state index < -0.39 is 23.4 Å². The van der Waals surface area contributed by atoms with Crippen LogP contribution in [0.1, 0.15) is 48.7 Å². The summed E-state index contributed by atoms with van der Waals surface area (Å²) < 4.78 is 49.0. The minimum atomic E-state index is -4.38. The second-order valence-electron chi connectivity index (χ2n) is 8.66. The van der Waals surface area contributed by atoms with Gasteiger partial charge in [-0.15, -0.1) is 0 Å². The third-order valence-electron chi connectivity index (χ3n) is 4.59. The van der Waals surface area contributed by atoms with Crippen molar-refractivity contribution in [3.8, 4) is 0 Å². The molecule has 2 amide bonds. The first kappa shape index (κ1) is 26.4. The van der Waals surface area contributed by atoms with Gasteiger partial charge >= 0.3 is 12.3 Å². The van der Waals surface area contributed by atoms with Crippen molar-refractivity contribution in [1.82, 2.24) is 15.6 Å². The second kappa shape index (κ2) is 11.0. The van der Waals surface area contributed by atoms with Gasteiger partial charge in [-0.25, -0.2) is 9.78 Å². The molecular formula is C24H26F3N3O4S. The molecule has 3 rings (SSSR count). The van der Waals surface area contributed by atoms with E-state index in [1.807, 2.05) is 0 Å².